The summed E-state index contributed by atoms with van der Waals surface area (Å²) < 4.78 is 7.70. The van der Waals surface area contributed by atoms with Crippen molar-refractivity contribution in [3.8, 4) is 0 Å². The van der Waals surface area contributed by atoms with E-state index in [2.05, 4.69) is 15.4 Å². The van der Waals surface area contributed by atoms with Crippen LogP contribution in [0, 0.1) is 5.41 Å². The minimum Gasteiger partial charge on any atom is -0.376 e. The molecule has 0 aromatic carbocycles. The second-order valence-corrected chi connectivity index (χ2v) is 7.70. The molecule has 7 nitrogen and oxygen atoms in total. The Balaban J connectivity index is 1.36. The highest BCUT2D eigenvalue weighted by atomic mass is 16.5. The molecule has 1 aliphatic heterocycles. The monoisotopic (exact) mass is 369 g/mol. The van der Waals surface area contributed by atoms with E-state index in [-0.39, 0.29) is 17.6 Å². The van der Waals surface area contributed by atoms with Crippen LogP contribution in [0.15, 0.2) is 42.9 Å². The average molecular weight is 369 g/mol. The largest absolute Gasteiger partial charge is 0.376 e. The summed E-state index contributed by atoms with van der Waals surface area (Å²) >= 11 is 0. The summed E-state index contributed by atoms with van der Waals surface area (Å²) in [5.74, 6) is 0. The summed E-state index contributed by atoms with van der Waals surface area (Å²) in [7, 11) is 0. The molecule has 2 aromatic rings. The molecule has 2 fully saturated rings. The van der Waals surface area contributed by atoms with Gasteiger partial charge in [0.1, 0.15) is 0 Å². The number of pyridine rings is 1. The van der Waals surface area contributed by atoms with Crippen molar-refractivity contribution < 1.29 is 9.53 Å². The molecule has 0 spiro atoms. The van der Waals surface area contributed by atoms with E-state index in [9.17, 15) is 4.79 Å². The number of hydrogen-bond acceptors (Lipinski definition) is 4. The van der Waals surface area contributed by atoms with Crippen LogP contribution in [0.4, 0.5) is 4.79 Å². The fraction of sp³-hybridized carbons (Fsp3) is 0.550. The number of urea groups is 1. The summed E-state index contributed by atoms with van der Waals surface area (Å²) in [6.07, 6.45) is 9.99. The molecule has 3 heterocycles. The van der Waals surface area contributed by atoms with Gasteiger partial charge in [-0.25, -0.2) is 4.79 Å². The Labute approximate surface area is 159 Å². The molecule has 2 aliphatic rings. The van der Waals surface area contributed by atoms with Crippen LogP contribution in [-0.2, 0) is 17.8 Å². The van der Waals surface area contributed by atoms with E-state index in [0.717, 1.165) is 44.5 Å². The first-order valence-corrected chi connectivity index (χ1v) is 9.74. The Kier molecular flexibility index (Phi) is 5.38. The number of rotatable bonds is 8. The summed E-state index contributed by atoms with van der Waals surface area (Å²) in [4.78, 5) is 19.1. The fourth-order valence-corrected chi connectivity index (χ4v) is 3.62. The molecule has 4 rings (SSSR count). The van der Waals surface area contributed by atoms with E-state index in [1.807, 2.05) is 40.0 Å². The summed E-state index contributed by atoms with van der Waals surface area (Å²) in [5.41, 5.74) is 1.03. The lowest BCUT2D eigenvalue weighted by atomic mass is 10.1. The van der Waals surface area contributed by atoms with Gasteiger partial charge in [-0.05, 0) is 43.9 Å². The maximum absolute atomic E-state index is 12.9. The molecule has 1 aliphatic carbocycles. The summed E-state index contributed by atoms with van der Waals surface area (Å²) in [6.45, 7) is 3.42. The fourth-order valence-electron chi connectivity index (χ4n) is 3.62. The Morgan fingerprint density at radius 3 is 2.93 bits per heavy atom. The zero-order chi connectivity index (χ0) is 18.5. The Hall–Kier alpha value is -2.41. The van der Waals surface area contributed by atoms with Gasteiger partial charge in [0.25, 0.3) is 0 Å². The number of carbonyl (C=O) groups is 1. The van der Waals surface area contributed by atoms with Crippen LogP contribution in [0.25, 0.3) is 0 Å². The molecule has 0 bridgehead atoms. The molecule has 7 heteroatoms. The first-order chi connectivity index (χ1) is 13.2. The third-order valence-corrected chi connectivity index (χ3v) is 5.44. The molecule has 2 amide bonds. The predicted molar refractivity (Wildman–Crippen MR) is 101 cm³/mol. The standard InChI is InChI=1S/C20H27N5O2/c26-19(22-15-20(7-8-20)16-25-11-4-10-23-25)24(14-18-6-3-12-27-18)13-17-5-1-2-9-21-17/h1-2,4-5,9-11,18H,3,6-8,12-16H2,(H,22,26)/t18-/m0/s1. The van der Waals surface area contributed by atoms with Crippen LogP contribution >= 0.6 is 0 Å². The second kappa shape index (κ2) is 8.08. The minimum absolute atomic E-state index is 0.0390. The first-order valence-electron chi connectivity index (χ1n) is 9.74. The molecule has 1 saturated heterocycles. The third-order valence-electron chi connectivity index (χ3n) is 5.44. The normalized spacial score (nSPS) is 20.4. The summed E-state index contributed by atoms with van der Waals surface area (Å²) in [6, 6.07) is 7.69. The lowest BCUT2D eigenvalue weighted by Gasteiger charge is -2.26. The van der Waals surface area contributed by atoms with E-state index < -0.39 is 0 Å². The Bertz CT molecular complexity index is 724. The van der Waals surface area contributed by atoms with Crippen molar-refractivity contribution in [3.63, 3.8) is 0 Å². The molecule has 1 atom stereocenters. The molecule has 144 valence electrons. The van der Waals surface area contributed by atoms with E-state index in [4.69, 9.17) is 4.74 Å². The second-order valence-electron chi connectivity index (χ2n) is 7.70. The van der Waals surface area contributed by atoms with Crippen LogP contribution in [0.5, 0.6) is 0 Å². The minimum atomic E-state index is -0.0390. The van der Waals surface area contributed by atoms with Gasteiger partial charge in [-0.1, -0.05) is 6.07 Å². The Morgan fingerprint density at radius 1 is 1.33 bits per heavy atom. The maximum atomic E-state index is 12.9. The zero-order valence-corrected chi connectivity index (χ0v) is 15.6. The van der Waals surface area contributed by atoms with Gasteiger partial charge in [0.05, 0.1) is 18.3 Å². The van der Waals surface area contributed by atoms with Gasteiger partial charge in [-0.15, -0.1) is 0 Å². The van der Waals surface area contributed by atoms with Crippen molar-refractivity contribution in [2.75, 3.05) is 19.7 Å². The molecular weight excluding hydrogens is 342 g/mol. The van der Waals surface area contributed by atoms with Crippen molar-refractivity contribution in [3.05, 3.63) is 48.5 Å². The molecule has 0 radical (unpaired) electrons. The number of carbonyl (C=O) groups excluding carboxylic acids is 1. The number of nitrogens with one attached hydrogen (secondary N) is 1. The van der Waals surface area contributed by atoms with Gasteiger partial charge in [0, 0.05) is 50.2 Å². The van der Waals surface area contributed by atoms with Crippen LogP contribution in [0.1, 0.15) is 31.4 Å². The number of ether oxygens (including phenoxy) is 1. The van der Waals surface area contributed by atoms with Gasteiger partial charge >= 0.3 is 6.03 Å². The number of aromatic nitrogens is 3. The number of amides is 2. The molecule has 1 N–H and O–H groups in total. The van der Waals surface area contributed by atoms with Gasteiger partial charge in [0.2, 0.25) is 0 Å². The highest BCUT2D eigenvalue weighted by Gasteiger charge is 2.43. The van der Waals surface area contributed by atoms with Crippen molar-refractivity contribution in [1.82, 2.24) is 25.0 Å². The van der Waals surface area contributed by atoms with E-state index in [1.165, 1.54) is 0 Å². The first kappa shape index (κ1) is 18.0. The maximum Gasteiger partial charge on any atom is 0.317 e. The summed E-state index contributed by atoms with van der Waals surface area (Å²) in [5, 5.41) is 7.45. The van der Waals surface area contributed by atoms with E-state index >= 15 is 0 Å². The number of hydrogen-bond donors (Lipinski definition) is 1. The molecule has 0 unspecified atom stereocenters. The van der Waals surface area contributed by atoms with Gasteiger partial charge in [0.15, 0.2) is 0 Å². The third kappa shape index (κ3) is 4.86. The average Bonchev–Trinajstić information content (AvgIpc) is 3.05. The van der Waals surface area contributed by atoms with Gasteiger partial charge < -0.3 is 15.0 Å². The SMILES string of the molecule is O=C(NCC1(Cn2cccn2)CC1)N(Cc1ccccn1)C[C@@H]1CCCO1. The molecular formula is C20H27N5O2. The van der Waals surface area contributed by atoms with Crippen LogP contribution in [-0.4, -0.2) is 51.5 Å². The zero-order valence-electron chi connectivity index (χ0n) is 15.6. The molecule has 27 heavy (non-hydrogen) atoms. The van der Waals surface area contributed by atoms with Crippen molar-refractivity contribution in [2.24, 2.45) is 5.41 Å². The van der Waals surface area contributed by atoms with Crippen molar-refractivity contribution in [2.45, 2.75) is 44.9 Å². The predicted octanol–water partition coefficient (Wildman–Crippen LogP) is 2.45. The number of nitrogens with zero attached hydrogens (tertiary/aromatic N) is 4. The topological polar surface area (TPSA) is 72.3 Å². The van der Waals surface area contributed by atoms with Gasteiger partial charge in [-0.2, -0.15) is 5.10 Å². The highest BCUT2D eigenvalue weighted by molar-refractivity contribution is 5.74. The van der Waals surface area contributed by atoms with Crippen LogP contribution < -0.4 is 5.32 Å². The van der Waals surface area contributed by atoms with E-state index in [0.29, 0.717) is 19.6 Å². The lowest BCUT2D eigenvalue weighted by Crippen LogP contribution is -2.45. The smallest absolute Gasteiger partial charge is 0.317 e. The van der Waals surface area contributed by atoms with Gasteiger partial charge in [-0.3, -0.25) is 9.67 Å². The van der Waals surface area contributed by atoms with E-state index in [1.54, 1.807) is 12.4 Å². The molecule has 1 saturated carbocycles. The van der Waals surface area contributed by atoms with Crippen molar-refractivity contribution in [1.29, 1.82) is 0 Å². The lowest BCUT2D eigenvalue weighted by molar-refractivity contribution is 0.0788. The van der Waals surface area contributed by atoms with Crippen LogP contribution in [0.3, 0.4) is 0 Å². The quantitative estimate of drug-likeness (QED) is 0.776. The van der Waals surface area contributed by atoms with Crippen molar-refractivity contribution >= 4 is 6.03 Å². The van der Waals surface area contributed by atoms with Crippen LogP contribution in [0.2, 0.25) is 0 Å². The molecule has 2 aromatic heterocycles. The Morgan fingerprint density at radius 2 is 2.26 bits per heavy atom. The highest BCUT2D eigenvalue weighted by Crippen LogP contribution is 2.46.